The van der Waals surface area contributed by atoms with Gasteiger partial charge in [0.2, 0.25) is 0 Å². The number of ether oxygens (including phenoxy) is 1. The topological polar surface area (TPSA) is 37.4 Å². The van der Waals surface area contributed by atoms with Gasteiger partial charge in [-0.1, -0.05) is 13.8 Å². The van der Waals surface area contributed by atoms with Crippen molar-refractivity contribution in [1.82, 2.24) is 10.3 Å². The summed E-state index contributed by atoms with van der Waals surface area (Å²) in [6.45, 7) is 6.05. The quantitative estimate of drug-likeness (QED) is 0.925. The van der Waals surface area contributed by atoms with Crippen LogP contribution in [0, 0.1) is 5.82 Å². The molecule has 1 aromatic rings. The summed E-state index contributed by atoms with van der Waals surface area (Å²) in [7, 11) is 0. The van der Waals surface area contributed by atoms with E-state index in [1.807, 2.05) is 0 Å². The Balaban J connectivity index is 1.82. The van der Waals surface area contributed by atoms with Gasteiger partial charge in [-0.2, -0.15) is 0 Å². The molecule has 1 aliphatic heterocycles. The lowest BCUT2D eigenvalue weighted by molar-refractivity contribution is 0.0250. The van der Waals surface area contributed by atoms with E-state index < -0.39 is 0 Å². The molecular formula is C16H24FN3O. The van der Waals surface area contributed by atoms with Crippen molar-refractivity contribution >= 4 is 5.82 Å². The minimum atomic E-state index is -0.182. The van der Waals surface area contributed by atoms with Crippen molar-refractivity contribution in [2.45, 2.75) is 57.8 Å². The van der Waals surface area contributed by atoms with Crippen molar-refractivity contribution in [3.8, 4) is 0 Å². The van der Waals surface area contributed by atoms with Crippen LogP contribution in [0.5, 0.6) is 0 Å². The van der Waals surface area contributed by atoms with Crippen LogP contribution in [0.15, 0.2) is 12.3 Å². The van der Waals surface area contributed by atoms with Crippen LogP contribution in [-0.2, 0) is 11.3 Å². The summed E-state index contributed by atoms with van der Waals surface area (Å²) in [6, 6.07) is 2.39. The highest BCUT2D eigenvalue weighted by Crippen LogP contribution is 2.33. The maximum absolute atomic E-state index is 14.8. The van der Waals surface area contributed by atoms with Crippen molar-refractivity contribution in [3.05, 3.63) is 23.6 Å². The minimum Gasteiger partial charge on any atom is -0.374 e. The van der Waals surface area contributed by atoms with E-state index in [-0.39, 0.29) is 18.0 Å². The van der Waals surface area contributed by atoms with Crippen LogP contribution >= 0.6 is 0 Å². The summed E-state index contributed by atoms with van der Waals surface area (Å²) in [5.74, 6) is 0.316. The molecule has 2 heterocycles. The Morgan fingerprint density at radius 1 is 1.48 bits per heavy atom. The third-order valence-corrected chi connectivity index (χ3v) is 4.41. The normalized spacial score (nSPS) is 25.4. The molecule has 1 aliphatic carbocycles. The molecule has 2 unspecified atom stereocenters. The fourth-order valence-electron chi connectivity index (χ4n) is 3.31. The van der Waals surface area contributed by atoms with Gasteiger partial charge in [0.15, 0.2) is 11.6 Å². The summed E-state index contributed by atoms with van der Waals surface area (Å²) < 4.78 is 20.6. The highest BCUT2D eigenvalue weighted by atomic mass is 19.1. The van der Waals surface area contributed by atoms with E-state index in [4.69, 9.17) is 4.74 Å². The van der Waals surface area contributed by atoms with Gasteiger partial charge in [-0.3, -0.25) is 0 Å². The van der Waals surface area contributed by atoms with Crippen LogP contribution < -0.4 is 10.2 Å². The number of hydrogen-bond donors (Lipinski definition) is 1. The molecule has 2 aliphatic rings. The number of rotatable bonds is 4. The van der Waals surface area contributed by atoms with Gasteiger partial charge in [-0.15, -0.1) is 0 Å². The first-order chi connectivity index (χ1) is 10.2. The van der Waals surface area contributed by atoms with Gasteiger partial charge in [0.05, 0.1) is 18.8 Å². The Bertz CT molecular complexity index is 494. The second-order valence-corrected chi connectivity index (χ2v) is 6.24. The van der Waals surface area contributed by atoms with Crippen LogP contribution in [0.25, 0.3) is 0 Å². The Labute approximate surface area is 125 Å². The molecule has 2 atom stereocenters. The van der Waals surface area contributed by atoms with Gasteiger partial charge in [-0.05, 0) is 25.3 Å². The molecule has 1 aromatic heterocycles. The number of anilines is 1. The molecule has 1 N–H and O–H groups in total. The number of nitrogens with one attached hydrogen (secondary N) is 1. The van der Waals surface area contributed by atoms with Crippen molar-refractivity contribution < 1.29 is 9.13 Å². The van der Waals surface area contributed by atoms with Crippen molar-refractivity contribution in [2.24, 2.45) is 0 Å². The maximum Gasteiger partial charge on any atom is 0.170 e. The molecule has 0 bridgehead atoms. The number of morpholine rings is 1. The summed E-state index contributed by atoms with van der Waals surface area (Å²) in [6.07, 6.45) is 5.27. The van der Waals surface area contributed by atoms with E-state index in [0.29, 0.717) is 30.6 Å². The lowest BCUT2D eigenvalue weighted by Crippen LogP contribution is -2.49. The molecule has 1 saturated carbocycles. The Kier molecular flexibility index (Phi) is 4.40. The molecule has 1 saturated heterocycles. The summed E-state index contributed by atoms with van der Waals surface area (Å²) in [4.78, 5) is 6.44. The third kappa shape index (κ3) is 3.04. The molecule has 3 rings (SSSR count). The van der Waals surface area contributed by atoms with Crippen molar-refractivity contribution in [2.75, 3.05) is 18.1 Å². The zero-order valence-electron chi connectivity index (χ0n) is 12.8. The summed E-state index contributed by atoms with van der Waals surface area (Å²) in [5.41, 5.74) is 0.690. The Morgan fingerprint density at radius 3 is 3.14 bits per heavy atom. The molecule has 2 fully saturated rings. The minimum absolute atomic E-state index is 0.182. The Hall–Kier alpha value is -1.20. The van der Waals surface area contributed by atoms with Crippen LogP contribution in [0.3, 0.4) is 0 Å². The van der Waals surface area contributed by atoms with Gasteiger partial charge in [0.25, 0.3) is 0 Å². The van der Waals surface area contributed by atoms with Crippen LogP contribution in [-0.4, -0.2) is 36.3 Å². The first kappa shape index (κ1) is 14.7. The lowest BCUT2D eigenvalue weighted by Gasteiger charge is -2.38. The predicted molar refractivity (Wildman–Crippen MR) is 80.9 cm³/mol. The van der Waals surface area contributed by atoms with Crippen LogP contribution in [0.4, 0.5) is 10.2 Å². The Morgan fingerprint density at radius 2 is 2.33 bits per heavy atom. The van der Waals surface area contributed by atoms with E-state index in [1.54, 1.807) is 12.3 Å². The molecule has 4 nitrogen and oxygen atoms in total. The monoisotopic (exact) mass is 293 g/mol. The third-order valence-electron chi connectivity index (χ3n) is 4.41. The van der Waals surface area contributed by atoms with Gasteiger partial charge in [-0.25, -0.2) is 9.37 Å². The van der Waals surface area contributed by atoms with Crippen molar-refractivity contribution in [3.63, 3.8) is 0 Å². The zero-order valence-corrected chi connectivity index (χ0v) is 12.8. The molecule has 21 heavy (non-hydrogen) atoms. The molecule has 0 aromatic carbocycles. The van der Waals surface area contributed by atoms with Gasteiger partial charge >= 0.3 is 0 Å². The van der Waals surface area contributed by atoms with E-state index in [0.717, 1.165) is 25.8 Å². The predicted octanol–water partition coefficient (Wildman–Crippen LogP) is 2.48. The number of nitrogens with zero attached hydrogens (tertiary/aromatic N) is 2. The van der Waals surface area contributed by atoms with Gasteiger partial charge in [0.1, 0.15) is 0 Å². The second-order valence-electron chi connectivity index (χ2n) is 6.24. The largest absolute Gasteiger partial charge is 0.374 e. The molecule has 0 spiro atoms. The van der Waals surface area contributed by atoms with Gasteiger partial charge < -0.3 is 15.0 Å². The SMILES string of the molecule is CC(C)NCc1ccnc(N2CCOC3CCCC32)c1F. The first-order valence-corrected chi connectivity index (χ1v) is 7.92. The maximum atomic E-state index is 14.8. The van der Waals surface area contributed by atoms with E-state index >= 15 is 0 Å². The molecule has 0 radical (unpaired) electrons. The highest BCUT2D eigenvalue weighted by molar-refractivity contribution is 5.45. The second kappa shape index (κ2) is 6.28. The number of aromatic nitrogens is 1. The zero-order chi connectivity index (χ0) is 14.8. The van der Waals surface area contributed by atoms with E-state index in [1.165, 1.54) is 0 Å². The average molecular weight is 293 g/mol. The van der Waals surface area contributed by atoms with E-state index in [9.17, 15) is 4.39 Å². The first-order valence-electron chi connectivity index (χ1n) is 7.92. The summed E-state index contributed by atoms with van der Waals surface area (Å²) >= 11 is 0. The molecule has 116 valence electrons. The number of halogens is 1. The number of hydrogen-bond acceptors (Lipinski definition) is 4. The van der Waals surface area contributed by atoms with Crippen LogP contribution in [0.2, 0.25) is 0 Å². The molecular weight excluding hydrogens is 269 g/mol. The summed E-state index contributed by atoms with van der Waals surface area (Å²) in [5, 5.41) is 3.27. The van der Waals surface area contributed by atoms with E-state index in [2.05, 4.69) is 29.0 Å². The lowest BCUT2D eigenvalue weighted by atomic mass is 10.1. The average Bonchev–Trinajstić information content (AvgIpc) is 2.94. The standard InChI is InChI=1S/C16H24FN3O/c1-11(2)19-10-12-6-7-18-16(15(12)17)20-8-9-21-14-5-3-4-13(14)20/h6-7,11,13-14,19H,3-5,8-10H2,1-2H3. The van der Waals surface area contributed by atoms with Gasteiger partial charge in [0, 0.05) is 30.9 Å². The fraction of sp³-hybridized carbons (Fsp3) is 0.688. The molecule has 0 amide bonds. The smallest absolute Gasteiger partial charge is 0.170 e. The highest BCUT2D eigenvalue weighted by Gasteiger charge is 2.37. The molecule has 5 heteroatoms. The van der Waals surface area contributed by atoms with Crippen molar-refractivity contribution in [1.29, 1.82) is 0 Å². The fourth-order valence-corrected chi connectivity index (χ4v) is 3.31. The van der Waals surface area contributed by atoms with Crippen LogP contribution in [0.1, 0.15) is 38.7 Å². The number of fused-ring (bicyclic) bond motifs is 1. The number of pyridine rings is 1.